The molecule has 0 aliphatic rings. The fraction of sp³-hybridized carbons (Fsp3) is 0.167. The van der Waals surface area contributed by atoms with Crippen LogP contribution in [0.3, 0.4) is 0 Å². The molecule has 0 aliphatic heterocycles. The molecule has 2 aromatic heterocycles. The predicted molar refractivity (Wildman–Crippen MR) is 195 cm³/mol. The molecule has 0 radical (unpaired) electrons. The molecule has 50 heavy (non-hydrogen) atoms. The standard InChI is InChI=1S/C42H38N6O2/c1-3-16-39-43-38(41(49)50-4-2)30-47(39)29-31-25-27-32(28-26-31)36-23-14-15-24-37(36)40-44-45-46-48(40)42(33-17-8-5-9-18-33,34-19-10-6-11-20-34)35-21-12-7-13-22-35/h5-15,17-28,30H,3-4,16,29H2,1-2H3. The van der Waals surface area contributed by atoms with Crippen LogP contribution in [0.5, 0.6) is 0 Å². The SMILES string of the molecule is CCCc1nc(C(=O)OCC)cn1Cc1ccc(-c2ccccc2-c2nnnn2C(c2ccccc2)(c2ccccc2)c2ccccc2)cc1. The summed E-state index contributed by atoms with van der Waals surface area (Å²) in [7, 11) is 0. The first kappa shape index (κ1) is 32.4. The minimum absolute atomic E-state index is 0.315. The van der Waals surface area contributed by atoms with Crippen LogP contribution in [0.1, 0.15) is 58.8 Å². The Labute approximate surface area is 292 Å². The zero-order valence-electron chi connectivity index (χ0n) is 28.2. The van der Waals surface area contributed by atoms with Crippen LogP contribution in [0.15, 0.2) is 146 Å². The maximum absolute atomic E-state index is 12.4. The molecule has 5 aromatic carbocycles. The number of carbonyl (C=O) groups is 1. The lowest BCUT2D eigenvalue weighted by Crippen LogP contribution is -2.39. The first-order chi connectivity index (χ1) is 24.6. The third-order valence-electron chi connectivity index (χ3n) is 8.97. The lowest BCUT2D eigenvalue weighted by atomic mass is 9.77. The molecule has 0 N–H and O–H groups in total. The minimum Gasteiger partial charge on any atom is -0.461 e. The Balaban J connectivity index is 1.31. The molecule has 0 unspecified atom stereocenters. The summed E-state index contributed by atoms with van der Waals surface area (Å²) in [6.07, 6.45) is 3.50. The number of carbonyl (C=O) groups excluding carboxylic acids is 1. The molecular formula is C42H38N6O2. The van der Waals surface area contributed by atoms with Gasteiger partial charge in [0.25, 0.3) is 0 Å². The van der Waals surface area contributed by atoms with E-state index in [0.29, 0.717) is 24.7 Å². The second kappa shape index (κ2) is 14.5. The fourth-order valence-corrected chi connectivity index (χ4v) is 6.72. The summed E-state index contributed by atoms with van der Waals surface area (Å²) in [5.41, 5.74) is 6.67. The molecule has 0 saturated heterocycles. The number of tetrazole rings is 1. The van der Waals surface area contributed by atoms with Crippen molar-refractivity contribution in [3.8, 4) is 22.5 Å². The zero-order valence-corrected chi connectivity index (χ0v) is 28.2. The van der Waals surface area contributed by atoms with Crippen molar-refractivity contribution < 1.29 is 9.53 Å². The van der Waals surface area contributed by atoms with E-state index in [1.165, 1.54) is 0 Å². The van der Waals surface area contributed by atoms with Crippen molar-refractivity contribution in [1.29, 1.82) is 0 Å². The van der Waals surface area contributed by atoms with Crippen molar-refractivity contribution in [2.45, 2.75) is 38.8 Å². The third kappa shape index (κ3) is 6.12. The molecule has 0 atom stereocenters. The normalized spacial score (nSPS) is 11.4. The van der Waals surface area contributed by atoms with Gasteiger partial charge in [0.2, 0.25) is 0 Å². The summed E-state index contributed by atoms with van der Waals surface area (Å²) in [5, 5.41) is 13.8. The number of hydrogen-bond acceptors (Lipinski definition) is 6. The number of nitrogens with zero attached hydrogens (tertiary/aromatic N) is 6. The Kier molecular flexibility index (Phi) is 9.42. The number of imidazole rings is 1. The van der Waals surface area contributed by atoms with Gasteiger partial charge < -0.3 is 9.30 Å². The topological polar surface area (TPSA) is 87.7 Å². The van der Waals surface area contributed by atoms with E-state index in [4.69, 9.17) is 15.0 Å². The Morgan fingerprint density at radius 2 is 1.26 bits per heavy atom. The van der Waals surface area contributed by atoms with Crippen molar-refractivity contribution in [3.63, 3.8) is 0 Å². The maximum Gasteiger partial charge on any atom is 0.358 e. The number of esters is 1. The van der Waals surface area contributed by atoms with Crippen LogP contribution in [0.4, 0.5) is 0 Å². The Morgan fingerprint density at radius 1 is 0.700 bits per heavy atom. The van der Waals surface area contributed by atoms with E-state index in [1.807, 2.05) is 39.6 Å². The van der Waals surface area contributed by atoms with Gasteiger partial charge in [-0.05, 0) is 57.2 Å². The molecule has 0 amide bonds. The van der Waals surface area contributed by atoms with Crippen LogP contribution in [0.2, 0.25) is 0 Å². The third-order valence-corrected chi connectivity index (χ3v) is 8.97. The highest BCUT2D eigenvalue weighted by molar-refractivity contribution is 5.87. The largest absolute Gasteiger partial charge is 0.461 e. The number of aryl methyl sites for hydroxylation is 1. The summed E-state index contributed by atoms with van der Waals surface area (Å²) < 4.78 is 9.22. The smallest absolute Gasteiger partial charge is 0.358 e. The van der Waals surface area contributed by atoms with Gasteiger partial charge >= 0.3 is 5.97 Å². The van der Waals surface area contributed by atoms with E-state index < -0.39 is 11.5 Å². The first-order valence-corrected chi connectivity index (χ1v) is 17.0. The van der Waals surface area contributed by atoms with E-state index in [-0.39, 0.29) is 0 Å². The van der Waals surface area contributed by atoms with Crippen LogP contribution in [-0.2, 0) is 23.2 Å². The Hall–Kier alpha value is -6.15. The quantitative estimate of drug-likeness (QED) is 0.0971. The van der Waals surface area contributed by atoms with Crippen LogP contribution >= 0.6 is 0 Å². The molecule has 0 aliphatic carbocycles. The Bertz CT molecular complexity index is 2080. The van der Waals surface area contributed by atoms with Crippen molar-refractivity contribution >= 4 is 5.97 Å². The molecule has 0 saturated carbocycles. The molecule has 0 fully saturated rings. The number of benzene rings is 5. The van der Waals surface area contributed by atoms with Crippen molar-refractivity contribution in [2.75, 3.05) is 6.61 Å². The molecule has 7 rings (SSSR count). The summed E-state index contributed by atoms with van der Waals surface area (Å²) in [6.45, 7) is 4.81. The van der Waals surface area contributed by atoms with E-state index in [0.717, 1.165) is 57.6 Å². The van der Waals surface area contributed by atoms with Gasteiger partial charge in [0.15, 0.2) is 11.5 Å². The predicted octanol–water partition coefficient (Wildman–Crippen LogP) is 8.22. The molecular weight excluding hydrogens is 621 g/mol. The fourth-order valence-electron chi connectivity index (χ4n) is 6.72. The molecule has 8 nitrogen and oxygen atoms in total. The van der Waals surface area contributed by atoms with Gasteiger partial charge in [-0.1, -0.05) is 146 Å². The van der Waals surface area contributed by atoms with Gasteiger partial charge in [-0.2, -0.15) is 0 Å². The molecule has 0 bridgehead atoms. The van der Waals surface area contributed by atoms with Gasteiger partial charge in [0.1, 0.15) is 11.4 Å². The lowest BCUT2D eigenvalue weighted by molar-refractivity contribution is 0.0519. The minimum atomic E-state index is -0.858. The molecule has 2 heterocycles. The van der Waals surface area contributed by atoms with E-state index in [2.05, 4.69) is 126 Å². The van der Waals surface area contributed by atoms with Gasteiger partial charge in [-0.3, -0.25) is 0 Å². The monoisotopic (exact) mass is 658 g/mol. The molecule has 0 spiro atoms. The first-order valence-electron chi connectivity index (χ1n) is 17.0. The summed E-state index contributed by atoms with van der Waals surface area (Å²) in [4.78, 5) is 17.0. The van der Waals surface area contributed by atoms with E-state index in [9.17, 15) is 4.79 Å². The van der Waals surface area contributed by atoms with Crippen molar-refractivity contribution in [2.24, 2.45) is 0 Å². The van der Waals surface area contributed by atoms with Gasteiger partial charge in [-0.25, -0.2) is 14.5 Å². The van der Waals surface area contributed by atoms with Crippen LogP contribution in [0.25, 0.3) is 22.5 Å². The summed E-state index contributed by atoms with van der Waals surface area (Å²) in [5.74, 6) is 1.12. The molecule has 7 aromatic rings. The van der Waals surface area contributed by atoms with E-state index >= 15 is 0 Å². The van der Waals surface area contributed by atoms with Crippen molar-refractivity contribution in [1.82, 2.24) is 29.8 Å². The summed E-state index contributed by atoms with van der Waals surface area (Å²) >= 11 is 0. The summed E-state index contributed by atoms with van der Waals surface area (Å²) in [6, 6.07) is 48.0. The second-order valence-corrected chi connectivity index (χ2v) is 12.1. The second-order valence-electron chi connectivity index (χ2n) is 12.1. The van der Waals surface area contributed by atoms with Gasteiger partial charge in [0, 0.05) is 24.7 Å². The molecule has 8 heteroatoms. The number of hydrogen-bond donors (Lipinski definition) is 0. The molecule has 248 valence electrons. The van der Waals surface area contributed by atoms with Crippen LogP contribution in [0, 0.1) is 0 Å². The van der Waals surface area contributed by atoms with Crippen LogP contribution < -0.4 is 0 Å². The lowest BCUT2D eigenvalue weighted by Gasteiger charge is -2.36. The zero-order chi connectivity index (χ0) is 34.3. The average Bonchev–Trinajstić information content (AvgIpc) is 3.82. The van der Waals surface area contributed by atoms with E-state index in [1.54, 1.807) is 13.1 Å². The van der Waals surface area contributed by atoms with Gasteiger partial charge in [-0.15, -0.1) is 5.10 Å². The highest BCUT2D eigenvalue weighted by Gasteiger charge is 2.42. The highest BCUT2D eigenvalue weighted by atomic mass is 16.5. The maximum atomic E-state index is 12.4. The number of ether oxygens (including phenoxy) is 1. The number of aromatic nitrogens is 6. The van der Waals surface area contributed by atoms with Crippen molar-refractivity contribution in [3.05, 3.63) is 179 Å². The number of rotatable bonds is 12. The van der Waals surface area contributed by atoms with Crippen LogP contribution in [-0.4, -0.2) is 42.3 Å². The highest BCUT2D eigenvalue weighted by Crippen LogP contribution is 2.43. The van der Waals surface area contributed by atoms with Gasteiger partial charge in [0.05, 0.1) is 6.61 Å². The Morgan fingerprint density at radius 3 is 1.82 bits per heavy atom. The average molecular weight is 659 g/mol.